The molecule has 0 heterocycles. The van der Waals surface area contributed by atoms with E-state index in [9.17, 15) is 9.90 Å². The van der Waals surface area contributed by atoms with Crippen LogP contribution in [0.3, 0.4) is 0 Å². The summed E-state index contributed by atoms with van der Waals surface area (Å²) in [4.78, 5) is 11.1. The minimum Gasteiger partial charge on any atom is -0.481 e. The molecule has 0 rings (SSSR count). The molecule has 4 nitrogen and oxygen atoms in total. The van der Waals surface area contributed by atoms with Gasteiger partial charge >= 0.3 is 5.97 Å². The lowest BCUT2D eigenvalue weighted by atomic mass is 9.91. The zero-order valence-electron chi connectivity index (χ0n) is 19.4. The lowest BCUT2D eigenvalue weighted by molar-refractivity contribution is -0.877. The minimum atomic E-state index is -1.10. The van der Waals surface area contributed by atoms with Gasteiger partial charge in [-0.15, -0.1) is 0 Å². The van der Waals surface area contributed by atoms with E-state index < -0.39 is 11.6 Å². The summed E-state index contributed by atoms with van der Waals surface area (Å²) in [5.41, 5.74) is -1.10. The van der Waals surface area contributed by atoms with Gasteiger partial charge in [-0.1, -0.05) is 75.5 Å². The summed E-state index contributed by atoms with van der Waals surface area (Å²) in [7, 11) is 5.97. The van der Waals surface area contributed by atoms with Gasteiger partial charge in [0, 0.05) is 0 Å². The maximum absolute atomic E-state index is 11.1. The number of aliphatic hydroxyl groups is 1. The summed E-state index contributed by atoms with van der Waals surface area (Å²) < 4.78 is 0.572. The fraction of sp³-hybridized carbons (Fsp3) is 0.720. The zero-order valence-corrected chi connectivity index (χ0v) is 19.4. The molecule has 0 spiro atoms. The van der Waals surface area contributed by atoms with Crippen molar-refractivity contribution < 1.29 is 19.5 Å². The van der Waals surface area contributed by atoms with E-state index in [2.05, 4.69) is 43.4 Å². The topological polar surface area (TPSA) is 57.5 Å². The molecule has 4 heteroatoms. The van der Waals surface area contributed by atoms with Crippen LogP contribution >= 0.6 is 0 Å². The Hall–Kier alpha value is -1.39. The van der Waals surface area contributed by atoms with Crippen LogP contribution < -0.4 is 0 Å². The summed E-state index contributed by atoms with van der Waals surface area (Å²) in [6.07, 6.45) is 24.9. The Balaban J connectivity index is 3.76. The van der Waals surface area contributed by atoms with E-state index in [-0.39, 0.29) is 6.42 Å². The highest BCUT2D eigenvalue weighted by Gasteiger charge is 2.35. The molecule has 0 aromatic heterocycles. The number of carboxylic acid groups (broad SMARTS) is 1. The Bertz CT molecular complexity index is 503. The Kier molecular flexibility index (Phi) is 15.6. The lowest BCUT2D eigenvalue weighted by Crippen LogP contribution is -2.50. The van der Waals surface area contributed by atoms with Gasteiger partial charge in [-0.05, 0) is 38.5 Å². The lowest BCUT2D eigenvalue weighted by Gasteiger charge is -2.34. The first-order valence-electron chi connectivity index (χ1n) is 11.4. The molecule has 168 valence electrons. The van der Waals surface area contributed by atoms with Gasteiger partial charge in [0.2, 0.25) is 0 Å². The summed E-state index contributed by atoms with van der Waals surface area (Å²) in [5, 5.41) is 19.8. The Morgan fingerprint density at radius 2 is 1.34 bits per heavy atom. The van der Waals surface area contributed by atoms with Crippen molar-refractivity contribution in [3.05, 3.63) is 36.5 Å². The van der Waals surface area contributed by atoms with Crippen LogP contribution in [-0.4, -0.2) is 54.0 Å². The molecule has 0 amide bonds. The molecule has 0 aromatic carbocycles. The van der Waals surface area contributed by atoms with Crippen molar-refractivity contribution in [1.29, 1.82) is 0 Å². The van der Waals surface area contributed by atoms with Crippen LogP contribution in [0.4, 0.5) is 0 Å². The minimum absolute atomic E-state index is 0.167. The van der Waals surface area contributed by atoms with Crippen molar-refractivity contribution in [2.45, 2.75) is 89.6 Å². The third-order valence-electron chi connectivity index (χ3n) is 4.79. The van der Waals surface area contributed by atoms with Gasteiger partial charge in [0.25, 0.3) is 0 Å². The molecule has 29 heavy (non-hydrogen) atoms. The van der Waals surface area contributed by atoms with Crippen molar-refractivity contribution in [2.75, 3.05) is 27.7 Å². The molecule has 0 aliphatic heterocycles. The summed E-state index contributed by atoms with van der Waals surface area (Å²) in [5.74, 6) is -0.919. The van der Waals surface area contributed by atoms with E-state index in [1.165, 1.54) is 19.3 Å². The first-order valence-corrected chi connectivity index (χ1v) is 11.4. The fourth-order valence-corrected chi connectivity index (χ4v) is 3.64. The number of carbonyl (C=O) groups is 1. The Morgan fingerprint density at radius 1 is 0.828 bits per heavy atom. The largest absolute Gasteiger partial charge is 0.481 e. The highest BCUT2D eigenvalue weighted by molar-refractivity contribution is 5.68. The number of unbranched alkanes of at least 4 members (excludes halogenated alkanes) is 6. The van der Waals surface area contributed by atoms with Gasteiger partial charge in [0.1, 0.15) is 12.1 Å². The monoisotopic (exact) mass is 408 g/mol. The second-order valence-corrected chi connectivity index (χ2v) is 9.20. The molecule has 0 bridgehead atoms. The molecular formula is C25H46NO3+. The molecule has 0 aliphatic carbocycles. The smallest absolute Gasteiger partial charge is 0.306 e. The van der Waals surface area contributed by atoms with Crippen molar-refractivity contribution in [3.63, 3.8) is 0 Å². The Morgan fingerprint density at radius 3 is 1.90 bits per heavy atom. The molecular weight excluding hydrogens is 362 g/mol. The molecule has 1 unspecified atom stereocenters. The quantitative estimate of drug-likeness (QED) is 0.169. The van der Waals surface area contributed by atoms with Crippen LogP contribution in [0.1, 0.15) is 84.0 Å². The van der Waals surface area contributed by atoms with Gasteiger partial charge in [-0.25, -0.2) is 0 Å². The van der Waals surface area contributed by atoms with Crippen LogP contribution in [0, 0.1) is 0 Å². The molecule has 0 saturated carbocycles. The molecule has 0 aromatic rings. The maximum Gasteiger partial charge on any atom is 0.306 e. The first-order chi connectivity index (χ1) is 13.7. The predicted octanol–water partition coefficient (Wildman–Crippen LogP) is 5.88. The van der Waals surface area contributed by atoms with Crippen LogP contribution in [0.2, 0.25) is 0 Å². The van der Waals surface area contributed by atoms with E-state index in [1.807, 2.05) is 21.1 Å². The molecule has 0 fully saturated rings. The van der Waals surface area contributed by atoms with Gasteiger partial charge in [-0.3, -0.25) is 4.79 Å². The van der Waals surface area contributed by atoms with E-state index in [1.54, 1.807) is 0 Å². The normalized spacial score (nSPS) is 14.9. The predicted molar refractivity (Wildman–Crippen MR) is 124 cm³/mol. The van der Waals surface area contributed by atoms with Gasteiger partial charge in [-0.2, -0.15) is 0 Å². The summed E-state index contributed by atoms with van der Waals surface area (Å²) >= 11 is 0. The van der Waals surface area contributed by atoms with E-state index in [0.29, 0.717) is 17.4 Å². The molecule has 2 N–H and O–H groups in total. The van der Waals surface area contributed by atoms with Gasteiger partial charge in [0.05, 0.1) is 27.6 Å². The van der Waals surface area contributed by atoms with Gasteiger partial charge < -0.3 is 14.7 Å². The van der Waals surface area contributed by atoms with Gasteiger partial charge in [0.15, 0.2) is 0 Å². The fourth-order valence-electron chi connectivity index (χ4n) is 3.64. The number of likely N-dealkylation sites (N-methyl/N-ethyl adjacent to an activating group) is 1. The van der Waals surface area contributed by atoms with Crippen molar-refractivity contribution in [1.82, 2.24) is 0 Å². The van der Waals surface area contributed by atoms with E-state index in [4.69, 9.17) is 5.11 Å². The summed E-state index contributed by atoms with van der Waals surface area (Å²) in [6, 6.07) is 0. The standard InChI is InChI=1S/C25H45NO3/c1-5-6-7-8-9-10-11-12-13-14-15-16-17-18-19-20-21-25(29,22-24(27)28)23-26(2,3)4/h6-7,9-10,12-13,29H,5,8,11,14-23H2,1-4H3/p+1/b7-6-,10-9-,13-12-. The average Bonchev–Trinajstić information content (AvgIpc) is 2.59. The van der Waals surface area contributed by atoms with Crippen LogP contribution in [0.15, 0.2) is 36.5 Å². The second-order valence-electron chi connectivity index (χ2n) is 9.20. The molecule has 1 atom stereocenters. The molecule has 0 aliphatic rings. The van der Waals surface area contributed by atoms with E-state index >= 15 is 0 Å². The number of aliphatic carboxylic acids is 1. The first kappa shape index (κ1) is 27.6. The van der Waals surface area contributed by atoms with Crippen molar-refractivity contribution in [2.24, 2.45) is 0 Å². The highest BCUT2D eigenvalue weighted by atomic mass is 16.4. The second kappa shape index (κ2) is 16.4. The molecule has 0 radical (unpaired) electrons. The SMILES string of the molecule is CC/C=C\C/C=C\C/C=C\CCCCCCCCC(O)(CC(=O)O)C[N+](C)(C)C. The van der Waals surface area contributed by atoms with Crippen LogP contribution in [-0.2, 0) is 4.79 Å². The highest BCUT2D eigenvalue weighted by Crippen LogP contribution is 2.23. The number of hydrogen-bond donors (Lipinski definition) is 2. The average molecular weight is 409 g/mol. The molecule has 0 saturated heterocycles. The summed E-state index contributed by atoms with van der Waals surface area (Å²) in [6.45, 7) is 2.62. The third kappa shape index (κ3) is 19.7. The number of hydrogen-bond acceptors (Lipinski definition) is 2. The Labute approximate surface area is 179 Å². The maximum atomic E-state index is 11.1. The zero-order chi connectivity index (χ0) is 22.0. The van der Waals surface area contributed by atoms with Crippen molar-refractivity contribution >= 4 is 5.97 Å². The number of quaternary nitrogens is 1. The number of rotatable bonds is 18. The van der Waals surface area contributed by atoms with Crippen LogP contribution in [0.5, 0.6) is 0 Å². The van der Waals surface area contributed by atoms with Crippen molar-refractivity contribution in [3.8, 4) is 0 Å². The van der Waals surface area contributed by atoms with E-state index in [0.717, 1.165) is 44.9 Å². The number of nitrogens with zero attached hydrogens (tertiary/aromatic N) is 1. The number of allylic oxidation sites excluding steroid dienone is 6. The third-order valence-corrected chi connectivity index (χ3v) is 4.79. The number of carboxylic acids is 1. The van der Waals surface area contributed by atoms with Crippen LogP contribution in [0.25, 0.3) is 0 Å².